The number of fused-ring (bicyclic) bond motifs is 6. The number of methoxy groups -OCH3 is 1. The van der Waals surface area contributed by atoms with Crippen LogP contribution >= 0.6 is 0 Å². The van der Waals surface area contributed by atoms with E-state index in [-0.39, 0.29) is 55.7 Å². The Balaban J connectivity index is 1.37. The minimum Gasteiger partial charge on any atom is -0.508 e. The van der Waals surface area contributed by atoms with Crippen molar-refractivity contribution in [1.82, 2.24) is 30.2 Å². The molecule has 7 rings (SSSR count). The molecule has 0 aliphatic carbocycles. The van der Waals surface area contributed by atoms with Gasteiger partial charge in [-0.05, 0) is 97.7 Å². The van der Waals surface area contributed by atoms with Crippen molar-refractivity contribution < 1.29 is 33.8 Å². The van der Waals surface area contributed by atoms with Crippen molar-refractivity contribution >= 4 is 34.6 Å². The van der Waals surface area contributed by atoms with Gasteiger partial charge in [-0.1, -0.05) is 39.8 Å². The average molecular weight is 822 g/mol. The first kappa shape index (κ1) is 42.8. The number of phenols is 1. The van der Waals surface area contributed by atoms with Gasteiger partial charge in [0.25, 0.3) is 5.91 Å². The molecule has 2 fully saturated rings. The molecule has 0 radical (unpaired) electrons. The van der Waals surface area contributed by atoms with E-state index >= 15 is 0 Å². The van der Waals surface area contributed by atoms with Crippen molar-refractivity contribution in [3.8, 4) is 28.1 Å². The van der Waals surface area contributed by atoms with Gasteiger partial charge in [-0.3, -0.25) is 29.2 Å². The number of phenolic OH excluding ortho intramolecular Hbond substituents is 1. The van der Waals surface area contributed by atoms with E-state index in [4.69, 9.17) is 20.2 Å². The van der Waals surface area contributed by atoms with Crippen LogP contribution in [0, 0.1) is 11.3 Å². The summed E-state index contributed by atoms with van der Waals surface area (Å²) in [6, 6.07) is 12.4. The molecule has 60 heavy (non-hydrogen) atoms. The molecule has 2 saturated heterocycles. The number of nitrogens with one attached hydrogen (secondary N) is 2. The van der Waals surface area contributed by atoms with Crippen LogP contribution < -0.4 is 16.5 Å². The van der Waals surface area contributed by atoms with Crippen LogP contribution in [0.3, 0.4) is 0 Å². The van der Waals surface area contributed by atoms with Crippen LogP contribution in [0.25, 0.3) is 33.3 Å². The zero-order valence-electron chi connectivity index (χ0n) is 35.8. The number of carbonyl (C=O) groups excluding carboxylic acids is 4. The highest BCUT2D eigenvalue weighted by Gasteiger charge is 2.41. The highest BCUT2D eigenvalue weighted by atomic mass is 16.5. The number of nitrogens with zero attached hydrogens (tertiary/aromatic N) is 4. The van der Waals surface area contributed by atoms with Gasteiger partial charge in [0, 0.05) is 73.7 Å². The Bertz CT molecular complexity index is 2290. The van der Waals surface area contributed by atoms with Gasteiger partial charge in [0.05, 0.1) is 24.1 Å². The number of aromatic hydroxyl groups is 1. The molecule has 3 aliphatic heterocycles. The third kappa shape index (κ3) is 8.63. The summed E-state index contributed by atoms with van der Waals surface area (Å²) in [5, 5.41) is 16.6. The number of hydrazine groups is 1. The van der Waals surface area contributed by atoms with Gasteiger partial charge in [0.1, 0.15) is 23.9 Å². The summed E-state index contributed by atoms with van der Waals surface area (Å²) in [6.45, 7) is 13.3. The maximum Gasteiger partial charge on any atom is 0.324 e. The van der Waals surface area contributed by atoms with Crippen molar-refractivity contribution in [1.29, 1.82) is 0 Å². The SMILES string of the molecule is CCn1c(-c2cccnc2[C@H](C)OC)c2c3cc(ccc31)-c1cc(O)cc(c1)C[C@H](NC(=O)C(C(C)C)N1C[C@H](N)CC1=O)C(=O)N1CCC[C@H](N1)C(=O)OCC(C)(C)C2. The normalized spacial score (nSPS) is 22.1. The standard InChI is InChI=1S/C46H59N7O7/c1-8-51-38-14-13-29-21-34(38)35(42(51)33-11-9-15-48-40(33)27(4)59-7)23-46(5,6)25-60-45(58)36-12-10-16-53(50-36)44(57)37(19-28-17-30(29)20-32(54)18-28)49-43(56)41(26(2)3)52-24-31(47)22-39(52)55/h9,11,13-15,17-18,20-21,26-27,31,36-37,41,50,54H,8,10,12,16,19,22-25,47H2,1-7H3,(H,49,56)/t27-,31+,36-,37-,41?/m0/s1. The van der Waals surface area contributed by atoms with E-state index in [2.05, 4.69) is 54.3 Å². The fourth-order valence-electron chi connectivity index (χ4n) is 9.16. The number of aromatic nitrogens is 2. The number of carbonyl (C=O) groups is 4. The summed E-state index contributed by atoms with van der Waals surface area (Å²) in [6.07, 6.45) is 3.22. The summed E-state index contributed by atoms with van der Waals surface area (Å²) in [5.41, 5.74) is 15.8. The monoisotopic (exact) mass is 821 g/mol. The quantitative estimate of drug-likeness (QED) is 0.176. The maximum absolute atomic E-state index is 14.5. The highest BCUT2D eigenvalue weighted by Crippen LogP contribution is 2.42. The van der Waals surface area contributed by atoms with Gasteiger partial charge in [0.15, 0.2) is 0 Å². The topological polar surface area (TPSA) is 181 Å². The molecule has 1 unspecified atom stereocenters. The van der Waals surface area contributed by atoms with E-state index in [1.165, 1.54) is 9.91 Å². The summed E-state index contributed by atoms with van der Waals surface area (Å²) in [4.78, 5) is 61.8. The fraction of sp³-hybridized carbons (Fsp3) is 0.500. The smallest absolute Gasteiger partial charge is 0.324 e. The molecule has 5 heterocycles. The number of amides is 3. The molecule has 14 nitrogen and oxygen atoms in total. The van der Waals surface area contributed by atoms with Crippen molar-refractivity contribution in [2.45, 2.75) is 110 Å². The maximum atomic E-state index is 14.5. The lowest BCUT2D eigenvalue weighted by atomic mass is 9.84. The van der Waals surface area contributed by atoms with E-state index in [1.807, 2.05) is 39.0 Å². The Morgan fingerprint density at radius 2 is 1.88 bits per heavy atom. The number of hydrogen-bond acceptors (Lipinski definition) is 10. The molecule has 6 bridgehead atoms. The molecule has 320 valence electrons. The minimum atomic E-state index is -1.11. The number of pyridine rings is 1. The van der Waals surface area contributed by atoms with E-state index in [0.717, 1.165) is 44.5 Å². The van der Waals surface area contributed by atoms with Crippen LogP contribution in [0.2, 0.25) is 0 Å². The Labute approximate surface area is 351 Å². The summed E-state index contributed by atoms with van der Waals surface area (Å²) in [5.74, 6) is -1.87. The second kappa shape index (κ2) is 17.3. The van der Waals surface area contributed by atoms with E-state index < -0.39 is 41.3 Å². The van der Waals surface area contributed by atoms with Crippen LogP contribution in [0.1, 0.15) is 83.7 Å². The Kier molecular flexibility index (Phi) is 12.4. The molecule has 4 aromatic rings. The predicted octanol–water partition coefficient (Wildman–Crippen LogP) is 5.04. The van der Waals surface area contributed by atoms with Crippen molar-refractivity contribution in [3.63, 3.8) is 0 Å². The number of ether oxygens (including phenoxy) is 2. The second-order valence-corrected chi connectivity index (χ2v) is 17.7. The summed E-state index contributed by atoms with van der Waals surface area (Å²) < 4.78 is 14.2. The lowest BCUT2D eigenvalue weighted by Crippen LogP contribution is -2.62. The number of nitrogens with two attached hydrogens (primary N) is 1. The molecule has 0 saturated carbocycles. The molecular weight excluding hydrogens is 763 g/mol. The van der Waals surface area contributed by atoms with Gasteiger partial charge in [0.2, 0.25) is 11.8 Å². The minimum absolute atomic E-state index is 0.00636. The molecule has 3 amide bonds. The van der Waals surface area contributed by atoms with Crippen LogP contribution in [0.5, 0.6) is 5.75 Å². The average Bonchev–Trinajstić information content (AvgIpc) is 3.71. The van der Waals surface area contributed by atoms with Crippen LogP contribution in [0.15, 0.2) is 54.7 Å². The molecule has 5 N–H and O–H groups in total. The Morgan fingerprint density at radius 3 is 2.58 bits per heavy atom. The molecule has 3 aliphatic rings. The number of rotatable bonds is 8. The zero-order valence-corrected chi connectivity index (χ0v) is 35.8. The van der Waals surface area contributed by atoms with Crippen LogP contribution in [-0.4, -0.2) is 99.2 Å². The summed E-state index contributed by atoms with van der Waals surface area (Å²) >= 11 is 0. The molecule has 14 heteroatoms. The molecule has 0 spiro atoms. The lowest BCUT2D eigenvalue weighted by Gasteiger charge is -2.36. The number of likely N-dealkylation sites (tertiary alicyclic amines) is 1. The van der Waals surface area contributed by atoms with Crippen molar-refractivity contribution in [2.24, 2.45) is 17.1 Å². The molecule has 2 aromatic heterocycles. The molecule has 2 aromatic carbocycles. The molecular formula is C46H59N7O7. The number of esters is 1. The van der Waals surface area contributed by atoms with Gasteiger partial charge < -0.3 is 35.1 Å². The predicted molar refractivity (Wildman–Crippen MR) is 228 cm³/mol. The van der Waals surface area contributed by atoms with Crippen molar-refractivity contribution in [3.05, 3.63) is 71.5 Å². The van der Waals surface area contributed by atoms with Crippen molar-refractivity contribution in [2.75, 3.05) is 26.8 Å². The zero-order chi connectivity index (χ0) is 43.0. The first-order valence-electron chi connectivity index (χ1n) is 21.1. The van der Waals surface area contributed by atoms with Gasteiger partial charge in [-0.2, -0.15) is 0 Å². The number of benzene rings is 2. The van der Waals surface area contributed by atoms with Gasteiger partial charge in [-0.15, -0.1) is 0 Å². The van der Waals surface area contributed by atoms with Gasteiger partial charge >= 0.3 is 5.97 Å². The van der Waals surface area contributed by atoms with E-state index in [1.54, 1.807) is 25.4 Å². The van der Waals surface area contributed by atoms with Gasteiger partial charge in [-0.25, -0.2) is 5.43 Å². The lowest BCUT2D eigenvalue weighted by molar-refractivity contribution is -0.155. The summed E-state index contributed by atoms with van der Waals surface area (Å²) in [7, 11) is 1.67. The Morgan fingerprint density at radius 1 is 1.10 bits per heavy atom. The molecule has 5 atom stereocenters. The fourth-order valence-corrected chi connectivity index (χ4v) is 9.16. The third-order valence-electron chi connectivity index (χ3n) is 12.1. The number of aryl methyl sites for hydroxylation is 1. The first-order valence-corrected chi connectivity index (χ1v) is 21.1. The van der Waals surface area contributed by atoms with E-state index in [0.29, 0.717) is 37.9 Å². The largest absolute Gasteiger partial charge is 0.508 e. The van der Waals surface area contributed by atoms with E-state index in [9.17, 15) is 24.3 Å². The number of cyclic esters (lactones) is 1. The Hall–Kier alpha value is -5.31. The first-order chi connectivity index (χ1) is 28.6. The highest BCUT2D eigenvalue weighted by molar-refractivity contribution is 5.96. The van der Waals surface area contributed by atoms with Crippen LogP contribution in [-0.2, 0) is 48.0 Å². The third-order valence-corrected chi connectivity index (χ3v) is 12.1. The van der Waals surface area contributed by atoms with Crippen LogP contribution in [0.4, 0.5) is 0 Å². The number of hydrogen-bond donors (Lipinski definition) is 4. The second-order valence-electron chi connectivity index (χ2n) is 17.7.